The van der Waals surface area contributed by atoms with E-state index in [9.17, 15) is 13.2 Å². The molecule has 5 nitrogen and oxygen atoms in total. The highest BCUT2D eigenvalue weighted by atomic mass is 32.2. The summed E-state index contributed by atoms with van der Waals surface area (Å²) in [7, 11) is -1.98. The Labute approximate surface area is 97.6 Å². The summed E-state index contributed by atoms with van der Waals surface area (Å²) in [5, 5.41) is 0. The van der Waals surface area contributed by atoms with E-state index in [1.807, 2.05) is 13.8 Å². The molecule has 0 atom stereocenters. The van der Waals surface area contributed by atoms with Crippen LogP contribution in [-0.4, -0.2) is 33.3 Å². The maximum Gasteiger partial charge on any atom is 0.305 e. The van der Waals surface area contributed by atoms with Gasteiger partial charge in [0.25, 0.3) is 0 Å². The van der Waals surface area contributed by atoms with E-state index < -0.39 is 10.0 Å². The first-order valence-electron chi connectivity index (χ1n) is 5.52. The molecule has 0 aromatic carbocycles. The average Bonchev–Trinajstić information content (AvgIpc) is 2.25. The van der Waals surface area contributed by atoms with Crippen LogP contribution in [0.5, 0.6) is 0 Å². The van der Waals surface area contributed by atoms with Crippen molar-refractivity contribution in [1.82, 2.24) is 4.72 Å². The van der Waals surface area contributed by atoms with E-state index in [1.165, 1.54) is 7.11 Å². The second-order valence-electron chi connectivity index (χ2n) is 3.63. The van der Waals surface area contributed by atoms with Crippen molar-refractivity contribution < 1.29 is 17.9 Å². The van der Waals surface area contributed by atoms with Crippen LogP contribution < -0.4 is 4.72 Å². The van der Waals surface area contributed by atoms with Crippen molar-refractivity contribution in [2.24, 2.45) is 0 Å². The van der Waals surface area contributed by atoms with Crippen molar-refractivity contribution in [1.29, 1.82) is 0 Å². The molecule has 0 aromatic heterocycles. The highest BCUT2D eigenvalue weighted by molar-refractivity contribution is 7.89. The van der Waals surface area contributed by atoms with Gasteiger partial charge in [0.05, 0.1) is 12.9 Å². The van der Waals surface area contributed by atoms with Crippen LogP contribution in [0.25, 0.3) is 0 Å². The minimum atomic E-state index is -3.27. The van der Waals surface area contributed by atoms with E-state index in [2.05, 4.69) is 9.46 Å². The Morgan fingerprint density at radius 2 is 1.88 bits per heavy atom. The monoisotopic (exact) mass is 251 g/mol. The van der Waals surface area contributed by atoms with Gasteiger partial charge in [0, 0.05) is 12.5 Å². The lowest BCUT2D eigenvalue weighted by Crippen LogP contribution is -2.35. The van der Waals surface area contributed by atoms with Gasteiger partial charge < -0.3 is 4.74 Å². The lowest BCUT2D eigenvalue weighted by Gasteiger charge is -2.14. The number of esters is 1. The summed E-state index contributed by atoms with van der Waals surface area (Å²) in [6, 6.07) is -0.0110. The Kier molecular flexibility index (Phi) is 7.33. The van der Waals surface area contributed by atoms with E-state index >= 15 is 0 Å². The van der Waals surface area contributed by atoms with Crippen molar-refractivity contribution >= 4 is 16.0 Å². The maximum atomic E-state index is 11.6. The number of methoxy groups -OCH3 is 1. The molecule has 0 heterocycles. The molecular weight excluding hydrogens is 230 g/mol. The fourth-order valence-corrected chi connectivity index (χ4v) is 2.76. The molecule has 0 bridgehead atoms. The highest BCUT2D eigenvalue weighted by Gasteiger charge is 2.15. The Hall–Kier alpha value is -0.620. The molecule has 1 N–H and O–H groups in total. The molecule has 0 fully saturated rings. The van der Waals surface area contributed by atoms with Gasteiger partial charge in [0.2, 0.25) is 10.0 Å². The van der Waals surface area contributed by atoms with Gasteiger partial charge in [-0.05, 0) is 19.3 Å². The molecule has 0 radical (unpaired) electrons. The summed E-state index contributed by atoms with van der Waals surface area (Å²) in [6.45, 7) is 3.87. The van der Waals surface area contributed by atoms with Crippen molar-refractivity contribution in [3.8, 4) is 0 Å². The van der Waals surface area contributed by atoms with E-state index in [1.54, 1.807) is 0 Å². The molecule has 0 aromatic rings. The first kappa shape index (κ1) is 15.4. The normalized spacial score (nSPS) is 11.8. The predicted octanol–water partition coefficient (Wildman–Crippen LogP) is 1.05. The minimum Gasteiger partial charge on any atom is -0.469 e. The Bertz CT molecular complexity index is 296. The predicted molar refractivity (Wildman–Crippen MR) is 62.5 cm³/mol. The average molecular weight is 251 g/mol. The van der Waals surface area contributed by atoms with Gasteiger partial charge >= 0.3 is 5.97 Å². The molecule has 0 unspecified atom stereocenters. The molecule has 0 spiro atoms. The van der Waals surface area contributed by atoms with Gasteiger partial charge in [-0.2, -0.15) is 0 Å². The molecule has 0 aliphatic heterocycles. The van der Waals surface area contributed by atoms with Crippen LogP contribution in [0, 0.1) is 0 Å². The molecule has 0 rings (SSSR count). The smallest absolute Gasteiger partial charge is 0.305 e. The second-order valence-corrected chi connectivity index (χ2v) is 5.50. The fraction of sp³-hybridized carbons (Fsp3) is 0.900. The van der Waals surface area contributed by atoms with Gasteiger partial charge in [-0.25, -0.2) is 13.1 Å². The lowest BCUT2D eigenvalue weighted by molar-refractivity contribution is -0.140. The third-order valence-electron chi connectivity index (χ3n) is 2.35. The molecule has 6 heteroatoms. The van der Waals surface area contributed by atoms with Crippen LogP contribution in [0.1, 0.15) is 39.5 Å². The number of carbonyl (C=O) groups excluding carboxylic acids is 1. The van der Waals surface area contributed by atoms with Crippen LogP contribution >= 0.6 is 0 Å². The minimum absolute atomic E-state index is 0.0110. The number of rotatable bonds is 8. The Morgan fingerprint density at radius 1 is 1.31 bits per heavy atom. The molecule has 0 saturated heterocycles. The van der Waals surface area contributed by atoms with Crippen molar-refractivity contribution in [3.63, 3.8) is 0 Å². The van der Waals surface area contributed by atoms with Gasteiger partial charge in [-0.3, -0.25) is 4.79 Å². The van der Waals surface area contributed by atoms with Gasteiger partial charge in [0.15, 0.2) is 0 Å². The van der Waals surface area contributed by atoms with Gasteiger partial charge in [-0.15, -0.1) is 0 Å². The quantitative estimate of drug-likeness (QED) is 0.654. The molecule has 16 heavy (non-hydrogen) atoms. The van der Waals surface area contributed by atoms with Crippen molar-refractivity contribution in [3.05, 3.63) is 0 Å². The summed E-state index contributed by atoms with van der Waals surface area (Å²) in [6.07, 6.45) is 1.97. The molecule has 0 aliphatic rings. The summed E-state index contributed by atoms with van der Waals surface area (Å²) in [5.41, 5.74) is 0. The number of nitrogens with one attached hydrogen (secondary N) is 1. The molecule has 0 saturated carbocycles. The van der Waals surface area contributed by atoms with Crippen LogP contribution in [0.2, 0.25) is 0 Å². The van der Waals surface area contributed by atoms with Gasteiger partial charge in [-0.1, -0.05) is 13.8 Å². The van der Waals surface area contributed by atoms with E-state index in [4.69, 9.17) is 0 Å². The van der Waals surface area contributed by atoms with Crippen molar-refractivity contribution in [2.75, 3.05) is 12.9 Å². The zero-order valence-corrected chi connectivity index (χ0v) is 11.0. The number of ether oxygens (including phenoxy) is 1. The maximum absolute atomic E-state index is 11.6. The Balaban J connectivity index is 4.01. The Morgan fingerprint density at radius 3 is 2.31 bits per heavy atom. The number of hydrogen-bond acceptors (Lipinski definition) is 4. The van der Waals surface area contributed by atoms with Gasteiger partial charge in [0.1, 0.15) is 0 Å². The first-order chi connectivity index (χ1) is 7.45. The first-order valence-corrected chi connectivity index (χ1v) is 7.17. The van der Waals surface area contributed by atoms with Crippen LogP contribution in [0.15, 0.2) is 0 Å². The van der Waals surface area contributed by atoms with E-state index in [0.29, 0.717) is 6.42 Å². The third kappa shape index (κ3) is 6.79. The van der Waals surface area contributed by atoms with Crippen LogP contribution in [0.3, 0.4) is 0 Å². The SMILES string of the molecule is CCC(CC)NS(=O)(=O)CCCC(=O)OC. The third-order valence-corrected chi connectivity index (χ3v) is 3.87. The van der Waals surface area contributed by atoms with E-state index in [0.717, 1.165) is 12.8 Å². The molecule has 0 aliphatic carbocycles. The zero-order valence-electron chi connectivity index (χ0n) is 10.2. The standard InChI is InChI=1S/C10H21NO4S/c1-4-9(5-2)11-16(13,14)8-6-7-10(12)15-3/h9,11H,4-8H2,1-3H3. The topological polar surface area (TPSA) is 72.5 Å². The lowest BCUT2D eigenvalue weighted by atomic mass is 10.2. The fourth-order valence-electron chi connectivity index (χ4n) is 1.28. The zero-order chi connectivity index (χ0) is 12.6. The largest absolute Gasteiger partial charge is 0.469 e. The second kappa shape index (κ2) is 7.62. The summed E-state index contributed by atoms with van der Waals surface area (Å²) >= 11 is 0. The van der Waals surface area contributed by atoms with Crippen molar-refractivity contribution in [2.45, 2.75) is 45.6 Å². The van der Waals surface area contributed by atoms with Crippen LogP contribution in [-0.2, 0) is 19.6 Å². The van der Waals surface area contributed by atoms with E-state index in [-0.39, 0.29) is 24.2 Å². The molecular formula is C10H21NO4S. The summed E-state index contributed by atoms with van der Waals surface area (Å²) < 4.78 is 30.2. The molecule has 0 amide bonds. The summed E-state index contributed by atoms with van der Waals surface area (Å²) in [5.74, 6) is -0.406. The molecule has 96 valence electrons. The summed E-state index contributed by atoms with van der Waals surface area (Å²) in [4.78, 5) is 10.8. The number of hydrogen-bond donors (Lipinski definition) is 1. The highest BCUT2D eigenvalue weighted by Crippen LogP contribution is 2.02. The number of sulfonamides is 1. The number of carbonyl (C=O) groups is 1. The van der Waals surface area contributed by atoms with Crippen LogP contribution in [0.4, 0.5) is 0 Å².